The van der Waals surface area contributed by atoms with Gasteiger partial charge in [0, 0.05) is 26.8 Å². The molecule has 0 amide bonds. The highest BCUT2D eigenvalue weighted by Gasteiger charge is 2.22. The lowest BCUT2D eigenvalue weighted by Gasteiger charge is -2.07. The molecule has 3 nitrogen and oxygen atoms in total. The molecule has 2 unspecified atom stereocenters. The maximum atomic E-state index is 5.17. The summed E-state index contributed by atoms with van der Waals surface area (Å²) in [5.74, 6) is 0. The average molecular weight is 182 g/mol. The zero-order valence-corrected chi connectivity index (χ0v) is 7.82. The van der Waals surface area contributed by atoms with Gasteiger partial charge in [-0.15, -0.1) is 12.4 Å². The maximum absolute atomic E-state index is 5.17. The van der Waals surface area contributed by atoms with Crippen molar-refractivity contribution in [1.29, 1.82) is 0 Å². The molecule has 0 aromatic rings. The summed E-state index contributed by atoms with van der Waals surface area (Å²) in [5, 5.41) is 3.31. The van der Waals surface area contributed by atoms with Crippen LogP contribution in [0.3, 0.4) is 0 Å². The van der Waals surface area contributed by atoms with Crippen molar-refractivity contribution in [2.45, 2.75) is 18.6 Å². The van der Waals surface area contributed by atoms with Crippen LogP contribution in [0.1, 0.15) is 6.42 Å². The van der Waals surface area contributed by atoms with Gasteiger partial charge in [-0.25, -0.2) is 0 Å². The van der Waals surface area contributed by atoms with Gasteiger partial charge >= 0.3 is 0 Å². The van der Waals surface area contributed by atoms with E-state index in [2.05, 4.69) is 5.32 Å². The molecule has 0 aromatic heterocycles. The first-order chi connectivity index (χ1) is 4.86. The molecule has 0 aliphatic carbocycles. The largest absolute Gasteiger partial charge is 0.383 e. The van der Waals surface area contributed by atoms with Crippen molar-refractivity contribution in [3.63, 3.8) is 0 Å². The van der Waals surface area contributed by atoms with Crippen LogP contribution in [0.2, 0.25) is 0 Å². The molecule has 2 atom stereocenters. The second-order valence-corrected chi connectivity index (χ2v) is 2.65. The summed E-state index contributed by atoms with van der Waals surface area (Å²) in [6.07, 6.45) is 1.46. The highest BCUT2D eigenvalue weighted by molar-refractivity contribution is 5.85. The molecule has 11 heavy (non-hydrogen) atoms. The first-order valence-electron chi connectivity index (χ1n) is 3.62. The fraction of sp³-hybridized carbons (Fsp3) is 1.00. The summed E-state index contributed by atoms with van der Waals surface area (Å²) < 4.78 is 10.2. The molecule has 0 saturated carbocycles. The second-order valence-electron chi connectivity index (χ2n) is 2.65. The van der Waals surface area contributed by atoms with E-state index in [4.69, 9.17) is 9.47 Å². The Hall–Kier alpha value is 0.170. The second kappa shape index (κ2) is 5.77. The first-order valence-corrected chi connectivity index (χ1v) is 3.62. The summed E-state index contributed by atoms with van der Waals surface area (Å²) in [6, 6.07) is 0.495. The van der Waals surface area contributed by atoms with E-state index in [0.29, 0.717) is 12.1 Å². The maximum Gasteiger partial charge on any atom is 0.0711 e. The fourth-order valence-corrected chi connectivity index (χ4v) is 1.29. The number of rotatable bonds is 3. The molecule has 1 heterocycles. The van der Waals surface area contributed by atoms with E-state index in [-0.39, 0.29) is 12.4 Å². The van der Waals surface area contributed by atoms with Gasteiger partial charge in [0.25, 0.3) is 0 Å². The van der Waals surface area contributed by atoms with Crippen LogP contribution in [0, 0.1) is 0 Å². The lowest BCUT2D eigenvalue weighted by molar-refractivity contribution is 0.110. The van der Waals surface area contributed by atoms with Crippen LogP contribution in [-0.2, 0) is 9.47 Å². The van der Waals surface area contributed by atoms with Gasteiger partial charge in [0.1, 0.15) is 0 Å². The van der Waals surface area contributed by atoms with Crippen molar-refractivity contribution in [3.8, 4) is 0 Å². The van der Waals surface area contributed by atoms with E-state index in [0.717, 1.165) is 19.6 Å². The Morgan fingerprint density at radius 2 is 2.18 bits per heavy atom. The van der Waals surface area contributed by atoms with Crippen molar-refractivity contribution >= 4 is 12.4 Å². The lowest BCUT2D eigenvalue weighted by Crippen LogP contribution is -2.25. The third-order valence-corrected chi connectivity index (χ3v) is 1.88. The molecule has 1 aliphatic rings. The lowest BCUT2D eigenvalue weighted by atomic mass is 10.2. The highest BCUT2D eigenvalue weighted by Crippen LogP contribution is 2.08. The van der Waals surface area contributed by atoms with Crippen LogP contribution in [0.15, 0.2) is 0 Å². The third kappa shape index (κ3) is 3.38. The molecule has 1 N–H and O–H groups in total. The van der Waals surface area contributed by atoms with Gasteiger partial charge in [-0.2, -0.15) is 0 Å². The Morgan fingerprint density at radius 1 is 1.45 bits per heavy atom. The first kappa shape index (κ1) is 11.2. The van der Waals surface area contributed by atoms with Crippen molar-refractivity contribution in [1.82, 2.24) is 5.32 Å². The van der Waals surface area contributed by atoms with Gasteiger partial charge in [-0.1, -0.05) is 0 Å². The quantitative estimate of drug-likeness (QED) is 0.685. The smallest absolute Gasteiger partial charge is 0.0711 e. The molecule has 1 saturated heterocycles. The minimum atomic E-state index is 0. The van der Waals surface area contributed by atoms with E-state index in [9.17, 15) is 0 Å². The fourth-order valence-electron chi connectivity index (χ4n) is 1.29. The predicted molar refractivity (Wildman–Crippen MR) is 46.3 cm³/mol. The Kier molecular flexibility index (Phi) is 5.86. The number of hydrogen-bond acceptors (Lipinski definition) is 3. The van der Waals surface area contributed by atoms with Crippen molar-refractivity contribution in [2.24, 2.45) is 0 Å². The van der Waals surface area contributed by atoms with Crippen molar-refractivity contribution in [3.05, 3.63) is 0 Å². The number of nitrogens with one attached hydrogen (secondary N) is 1. The molecule has 0 spiro atoms. The molecule has 68 valence electrons. The van der Waals surface area contributed by atoms with Crippen LogP contribution in [0.25, 0.3) is 0 Å². The number of hydrogen-bond donors (Lipinski definition) is 1. The van der Waals surface area contributed by atoms with Crippen LogP contribution in [0.5, 0.6) is 0 Å². The van der Waals surface area contributed by atoms with Gasteiger partial charge in [0.2, 0.25) is 0 Å². The minimum Gasteiger partial charge on any atom is -0.383 e. The third-order valence-electron chi connectivity index (χ3n) is 1.88. The van der Waals surface area contributed by atoms with Gasteiger partial charge in [0.05, 0.1) is 12.7 Å². The van der Waals surface area contributed by atoms with Crippen LogP contribution >= 0.6 is 12.4 Å². The average Bonchev–Trinajstić information content (AvgIpc) is 2.37. The topological polar surface area (TPSA) is 30.5 Å². The predicted octanol–water partition coefficient (Wildman–Crippen LogP) is 0.432. The number of methoxy groups -OCH3 is 2. The van der Waals surface area contributed by atoms with Crippen molar-refractivity contribution < 1.29 is 9.47 Å². The van der Waals surface area contributed by atoms with E-state index < -0.39 is 0 Å². The number of halogens is 1. The zero-order chi connectivity index (χ0) is 7.40. The molecule has 1 fully saturated rings. The van der Waals surface area contributed by atoms with E-state index in [1.807, 2.05) is 0 Å². The highest BCUT2D eigenvalue weighted by atomic mass is 35.5. The van der Waals surface area contributed by atoms with E-state index in [1.54, 1.807) is 14.2 Å². The van der Waals surface area contributed by atoms with Crippen LogP contribution < -0.4 is 5.32 Å². The molecule has 4 heteroatoms. The van der Waals surface area contributed by atoms with Crippen molar-refractivity contribution in [2.75, 3.05) is 27.4 Å². The van der Waals surface area contributed by atoms with Gasteiger partial charge in [0.15, 0.2) is 0 Å². The van der Waals surface area contributed by atoms with Gasteiger partial charge in [-0.05, 0) is 6.42 Å². The molecule has 0 radical (unpaired) electrons. The normalized spacial score (nSPS) is 30.0. The van der Waals surface area contributed by atoms with E-state index in [1.165, 1.54) is 0 Å². The molecule has 0 aromatic carbocycles. The molecule has 0 bridgehead atoms. The Bertz CT molecular complexity index is 102. The van der Waals surface area contributed by atoms with Crippen LogP contribution in [0.4, 0.5) is 0 Å². The Balaban J connectivity index is 0.000001000. The summed E-state index contributed by atoms with van der Waals surface area (Å²) >= 11 is 0. The summed E-state index contributed by atoms with van der Waals surface area (Å²) in [7, 11) is 3.48. The number of ether oxygens (including phenoxy) is 2. The standard InChI is InChI=1S/C7H15NO2.ClH/c1-9-5-6-3-7(10-2)4-8-6;/h6-8H,3-5H2,1-2H3;1H. The van der Waals surface area contributed by atoms with Crippen LogP contribution in [-0.4, -0.2) is 39.5 Å². The Morgan fingerprint density at radius 3 is 2.64 bits per heavy atom. The van der Waals surface area contributed by atoms with E-state index >= 15 is 0 Å². The molecular formula is C7H16ClNO2. The Labute approximate surface area is 73.9 Å². The molecular weight excluding hydrogens is 166 g/mol. The van der Waals surface area contributed by atoms with Gasteiger partial charge < -0.3 is 14.8 Å². The molecule has 1 aliphatic heterocycles. The summed E-state index contributed by atoms with van der Waals surface area (Å²) in [4.78, 5) is 0. The van der Waals surface area contributed by atoms with Gasteiger partial charge in [-0.3, -0.25) is 0 Å². The zero-order valence-electron chi connectivity index (χ0n) is 7.00. The summed E-state index contributed by atoms with van der Waals surface area (Å²) in [5.41, 5.74) is 0. The summed E-state index contributed by atoms with van der Waals surface area (Å²) in [6.45, 7) is 1.75. The monoisotopic (exact) mass is 181 g/mol. The SMILES string of the molecule is COCC1CC(OC)CN1.Cl. The minimum absolute atomic E-state index is 0. The molecule has 1 rings (SSSR count).